The molecule has 6 nitrogen and oxygen atoms in total. The zero-order valence-corrected chi connectivity index (χ0v) is 15.7. The molecule has 2 aromatic heterocycles. The Bertz CT molecular complexity index is 659. The molecule has 0 unspecified atom stereocenters. The van der Waals surface area contributed by atoms with E-state index in [0.29, 0.717) is 24.1 Å². The third kappa shape index (κ3) is 5.98. The highest BCUT2D eigenvalue weighted by atomic mass is 35.5. The third-order valence-corrected chi connectivity index (χ3v) is 4.11. The van der Waals surface area contributed by atoms with E-state index in [9.17, 15) is 0 Å². The van der Waals surface area contributed by atoms with Crippen molar-refractivity contribution in [1.29, 1.82) is 0 Å². The summed E-state index contributed by atoms with van der Waals surface area (Å²) < 4.78 is 5.56. The molecule has 0 bridgehead atoms. The number of nitrogens with zero attached hydrogens (tertiary/aromatic N) is 4. The van der Waals surface area contributed by atoms with E-state index in [-0.39, 0.29) is 0 Å². The molecule has 0 saturated carbocycles. The minimum Gasteiger partial charge on any atom is -0.476 e. The van der Waals surface area contributed by atoms with Crippen LogP contribution in [0.3, 0.4) is 0 Å². The van der Waals surface area contributed by atoms with Gasteiger partial charge in [0.05, 0.1) is 28.8 Å². The topological polar surface area (TPSA) is 62.6 Å². The van der Waals surface area contributed by atoms with Gasteiger partial charge < -0.3 is 15.0 Å². The summed E-state index contributed by atoms with van der Waals surface area (Å²) in [7, 11) is 2.00. The molecule has 0 spiro atoms. The molecule has 1 N–H and O–H groups in total. The minimum atomic E-state index is 0.452. The first-order valence-electron chi connectivity index (χ1n) is 7.73. The van der Waals surface area contributed by atoms with Crippen LogP contribution in [0.2, 0.25) is 5.02 Å². The second-order valence-corrected chi connectivity index (χ2v) is 6.61. The van der Waals surface area contributed by atoms with Crippen molar-refractivity contribution in [3.63, 3.8) is 0 Å². The fourth-order valence-electron chi connectivity index (χ4n) is 2.02. The average molecular weight is 368 g/mol. The van der Waals surface area contributed by atoms with Crippen molar-refractivity contribution in [2.45, 2.75) is 20.4 Å². The lowest BCUT2D eigenvalue weighted by atomic mass is 10.4. The molecule has 2 rings (SSSR count). The third-order valence-electron chi connectivity index (χ3n) is 3.07. The van der Waals surface area contributed by atoms with Crippen LogP contribution in [0.15, 0.2) is 28.7 Å². The molecule has 0 aliphatic carbocycles. The standard InChI is InChI=1S/C16H22ClN5OS/c1-4-18-16(22(3)10-14-11-24-12(2)21-14)19-7-8-23-15-6-5-13(17)9-20-15/h5-6,9,11H,4,7-8,10H2,1-3H3,(H,18,19). The predicted octanol–water partition coefficient (Wildman–Crippen LogP) is 2.98. The zero-order valence-electron chi connectivity index (χ0n) is 14.1. The summed E-state index contributed by atoms with van der Waals surface area (Å²) in [6.45, 7) is 6.56. The summed E-state index contributed by atoms with van der Waals surface area (Å²) in [5.41, 5.74) is 1.05. The largest absolute Gasteiger partial charge is 0.476 e. The van der Waals surface area contributed by atoms with Crippen LogP contribution in [0.4, 0.5) is 0 Å². The number of hydrogen-bond acceptors (Lipinski definition) is 5. The smallest absolute Gasteiger partial charge is 0.213 e. The summed E-state index contributed by atoms with van der Waals surface area (Å²) in [4.78, 5) is 15.2. The second kappa shape index (κ2) is 9.44. The molecule has 0 aromatic carbocycles. The van der Waals surface area contributed by atoms with Crippen molar-refractivity contribution in [2.75, 3.05) is 26.7 Å². The average Bonchev–Trinajstić information content (AvgIpc) is 2.97. The molecule has 2 heterocycles. The summed E-state index contributed by atoms with van der Waals surface area (Å²) in [6.07, 6.45) is 1.56. The van der Waals surface area contributed by atoms with Crippen LogP contribution < -0.4 is 10.1 Å². The molecule has 0 radical (unpaired) electrons. The second-order valence-electron chi connectivity index (χ2n) is 5.11. The number of aliphatic imine (C=N–C) groups is 1. The molecule has 0 saturated heterocycles. The summed E-state index contributed by atoms with van der Waals surface area (Å²) in [5, 5.41) is 7.02. The zero-order chi connectivity index (χ0) is 17.4. The first-order chi connectivity index (χ1) is 11.6. The van der Waals surface area contributed by atoms with Gasteiger partial charge >= 0.3 is 0 Å². The van der Waals surface area contributed by atoms with Gasteiger partial charge in [0.1, 0.15) is 6.61 Å². The van der Waals surface area contributed by atoms with E-state index < -0.39 is 0 Å². The van der Waals surface area contributed by atoms with E-state index >= 15 is 0 Å². The molecule has 0 aliphatic heterocycles. The summed E-state index contributed by atoms with van der Waals surface area (Å²) in [5.74, 6) is 1.38. The van der Waals surface area contributed by atoms with Gasteiger partial charge in [-0.2, -0.15) is 0 Å². The lowest BCUT2D eigenvalue weighted by Crippen LogP contribution is -2.38. The van der Waals surface area contributed by atoms with Crippen molar-refractivity contribution in [3.05, 3.63) is 39.4 Å². The highest BCUT2D eigenvalue weighted by Crippen LogP contribution is 2.11. The Kier molecular flexibility index (Phi) is 7.27. The van der Waals surface area contributed by atoms with Crippen LogP contribution in [0.25, 0.3) is 0 Å². The van der Waals surface area contributed by atoms with Crippen molar-refractivity contribution in [3.8, 4) is 5.88 Å². The fraction of sp³-hybridized carbons (Fsp3) is 0.438. The van der Waals surface area contributed by atoms with Gasteiger partial charge in [-0.15, -0.1) is 11.3 Å². The summed E-state index contributed by atoms with van der Waals surface area (Å²) in [6, 6.07) is 3.49. The molecule has 24 heavy (non-hydrogen) atoms. The number of rotatable bonds is 7. The number of ether oxygens (including phenoxy) is 1. The first-order valence-corrected chi connectivity index (χ1v) is 8.99. The van der Waals surface area contributed by atoms with Gasteiger partial charge in [-0.05, 0) is 19.9 Å². The summed E-state index contributed by atoms with van der Waals surface area (Å²) >= 11 is 7.45. The molecule has 0 amide bonds. The molecule has 8 heteroatoms. The van der Waals surface area contributed by atoms with Crippen LogP contribution in [0.5, 0.6) is 5.88 Å². The van der Waals surface area contributed by atoms with Crippen LogP contribution in [-0.2, 0) is 6.54 Å². The number of pyridine rings is 1. The van der Waals surface area contributed by atoms with Gasteiger partial charge in [-0.25, -0.2) is 15.0 Å². The fourth-order valence-corrected chi connectivity index (χ4v) is 2.73. The first kappa shape index (κ1) is 18.5. The van der Waals surface area contributed by atoms with E-state index in [1.807, 2.05) is 20.9 Å². The van der Waals surface area contributed by atoms with Gasteiger partial charge in [0, 0.05) is 31.2 Å². The van der Waals surface area contributed by atoms with Crippen molar-refractivity contribution < 1.29 is 4.74 Å². The normalized spacial score (nSPS) is 11.4. The lowest BCUT2D eigenvalue weighted by Gasteiger charge is -2.21. The molecule has 0 aliphatic rings. The lowest BCUT2D eigenvalue weighted by molar-refractivity contribution is 0.315. The van der Waals surface area contributed by atoms with Gasteiger partial charge in [0.15, 0.2) is 5.96 Å². The SMILES string of the molecule is CCNC(=NCCOc1ccc(Cl)cn1)N(C)Cc1csc(C)n1. The highest BCUT2D eigenvalue weighted by molar-refractivity contribution is 7.09. The number of hydrogen-bond donors (Lipinski definition) is 1. The highest BCUT2D eigenvalue weighted by Gasteiger charge is 2.08. The van der Waals surface area contributed by atoms with Crippen LogP contribution in [-0.4, -0.2) is 47.6 Å². The quantitative estimate of drug-likeness (QED) is 0.463. The van der Waals surface area contributed by atoms with E-state index in [0.717, 1.165) is 29.8 Å². The van der Waals surface area contributed by atoms with E-state index in [1.54, 1.807) is 29.7 Å². The van der Waals surface area contributed by atoms with Gasteiger partial charge in [0.25, 0.3) is 0 Å². The van der Waals surface area contributed by atoms with Crippen LogP contribution in [0, 0.1) is 6.92 Å². The number of nitrogens with one attached hydrogen (secondary N) is 1. The number of aromatic nitrogens is 2. The number of halogens is 1. The molecule has 0 fully saturated rings. The molecule has 130 valence electrons. The Morgan fingerprint density at radius 1 is 1.46 bits per heavy atom. The predicted molar refractivity (Wildman–Crippen MR) is 99.0 cm³/mol. The number of thiazole rings is 1. The van der Waals surface area contributed by atoms with Gasteiger partial charge in [-0.3, -0.25) is 0 Å². The Morgan fingerprint density at radius 3 is 2.92 bits per heavy atom. The molecular weight excluding hydrogens is 346 g/mol. The Labute approximate surface area is 151 Å². The van der Waals surface area contributed by atoms with Gasteiger partial charge in [-0.1, -0.05) is 11.6 Å². The van der Waals surface area contributed by atoms with E-state index in [4.69, 9.17) is 16.3 Å². The molecule has 0 atom stereocenters. The Balaban J connectivity index is 1.86. The van der Waals surface area contributed by atoms with Gasteiger partial charge in [0.2, 0.25) is 5.88 Å². The Hall–Kier alpha value is -1.86. The van der Waals surface area contributed by atoms with Crippen molar-refractivity contribution >= 4 is 28.9 Å². The van der Waals surface area contributed by atoms with Crippen molar-refractivity contribution in [1.82, 2.24) is 20.2 Å². The number of aryl methyl sites for hydroxylation is 1. The van der Waals surface area contributed by atoms with E-state index in [1.165, 1.54) is 0 Å². The molecular formula is C16H22ClN5OS. The number of guanidine groups is 1. The Morgan fingerprint density at radius 2 is 2.29 bits per heavy atom. The monoisotopic (exact) mass is 367 g/mol. The maximum Gasteiger partial charge on any atom is 0.213 e. The maximum atomic E-state index is 5.79. The minimum absolute atomic E-state index is 0.452. The van der Waals surface area contributed by atoms with Crippen molar-refractivity contribution in [2.24, 2.45) is 4.99 Å². The van der Waals surface area contributed by atoms with E-state index in [2.05, 4.69) is 30.6 Å². The molecule has 2 aromatic rings. The van der Waals surface area contributed by atoms with Crippen LogP contribution >= 0.6 is 22.9 Å². The van der Waals surface area contributed by atoms with Crippen LogP contribution in [0.1, 0.15) is 17.6 Å². The maximum absolute atomic E-state index is 5.79.